The third kappa shape index (κ3) is 3.07. The fourth-order valence-corrected chi connectivity index (χ4v) is 1.13. The van der Waals surface area contributed by atoms with E-state index in [1.54, 1.807) is 0 Å². The van der Waals surface area contributed by atoms with E-state index in [2.05, 4.69) is 24.4 Å². The van der Waals surface area contributed by atoms with E-state index in [0.717, 1.165) is 18.5 Å². The molecule has 0 radical (unpaired) electrons. The van der Waals surface area contributed by atoms with Crippen LogP contribution in [0.1, 0.15) is 25.8 Å². The monoisotopic (exact) mass is 179 g/mol. The minimum absolute atomic E-state index is 0.438. The van der Waals surface area contributed by atoms with Crippen molar-refractivity contribution in [2.75, 3.05) is 5.32 Å². The molecule has 0 aliphatic rings. The van der Waals surface area contributed by atoms with Gasteiger partial charge in [0.1, 0.15) is 6.23 Å². The van der Waals surface area contributed by atoms with Crippen LogP contribution in [0, 0.1) is 0 Å². The maximum atomic E-state index is 9.33. The van der Waals surface area contributed by atoms with E-state index in [0.29, 0.717) is 0 Å². The van der Waals surface area contributed by atoms with Gasteiger partial charge in [-0.15, -0.1) is 0 Å². The molecule has 0 saturated carbocycles. The maximum absolute atomic E-state index is 9.33. The van der Waals surface area contributed by atoms with Crippen LogP contribution in [0.4, 0.5) is 5.69 Å². The Morgan fingerprint density at radius 2 is 1.85 bits per heavy atom. The first-order valence-corrected chi connectivity index (χ1v) is 4.79. The van der Waals surface area contributed by atoms with Crippen molar-refractivity contribution in [3.8, 4) is 0 Å². The Balaban J connectivity index is 2.58. The Labute approximate surface area is 79.6 Å². The van der Waals surface area contributed by atoms with Gasteiger partial charge in [-0.1, -0.05) is 26.0 Å². The van der Waals surface area contributed by atoms with Crippen molar-refractivity contribution in [2.24, 2.45) is 0 Å². The van der Waals surface area contributed by atoms with Crippen molar-refractivity contribution in [1.82, 2.24) is 0 Å². The van der Waals surface area contributed by atoms with E-state index < -0.39 is 6.23 Å². The van der Waals surface area contributed by atoms with Gasteiger partial charge in [0.15, 0.2) is 0 Å². The largest absolute Gasteiger partial charge is 0.374 e. The molecule has 0 fully saturated rings. The molecule has 2 nitrogen and oxygen atoms in total. The van der Waals surface area contributed by atoms with Gasteiger partial charge in [-0.3, -0.25) is 0 Å². The zero-order valence-corrected chi connectivity index (χ0v) is 8.25. The summed E-state index contributed by atoms with van der Waals surface area (Å²) in [5.74, 6) is 0. The molecule has 2 heteroatoms. The van der Waals surface area contributed by atoms with Crippen molar-refractivity contribution >= 4 is 5.69 Å². The van der Waals surface area contributed by atoms with Gasteiger partial charge in [0.25, 0.3) is 0 Å². The third-order valence-corrected chi connectivity index (χ3v) is 2.08. The van der Waals surface area contributed by atoms with Gasteiger partial charge in [-0.2, -0.15) is 0 Å². The molecule has 72 valence electrons. The van der Waals surface area contributed by atoms with E-state index in [4.69, 9.17) is 0 Å². The second-order valence-corrected chi connectivity index (χ2v) is 3.12. The molecule has 1 atom stereocenters. The number of hydrogen-bond acceptors (Lipinski definition) is 2. The van der Waals surface area contributed by atoms with Crippen molar-refractivity contribution in [3.63, 3.8) is 0 Å². The first-order valence-electron chi connectivity index (χ1n) is 4.79. The van der Waals surface area contributed by atoms with Gasteiger partial charge >= 0.3 is 0 Å². The van der Waals surface area contributed by atoms with Crippen molar-refractivity contribution < 1.29 is 5.11 Å². The molecule has 1 unspecified atom stereocenters. The van der Waals surface area contributed by atoms with Crippen molar-refractivity contribution in [2.45, 2.75) is 32.9 Å². The Morgan fingerprint density at radius 1 is 1.23 bits per heavy atom. The van der Waals surface area contributed by atoms with Crippen LogP contribution in [-0.4, -0.2) is 11.3 Å². The third-order valence-electron chi connectivity index (χ3n) is 2.08. The molecule has 0 aliphatic heterocycles. The van der Waals surface area contributed by atoms with Crippen molar-refractivity contribution in [3.05, 3.63) is 29.8 Å². The lowest BCUT2D eigenvalue weighted by molar-refractivity contribution is 0.199. The molecule has 1 aromatic carbocycles. The summed E-state index contributed by atoms with van der Waals surface area (Å²) in [5.41, 5.74) is 2.29. The predicted molar refractivity (Wildman–Crippen MR) is 55.7 cm³/mol. The lowest BCUT2D eigenvalue weighted by atomic mass is 10.1. The topological polar surface area (TPSA) is 32.3 Å². The van der Waals surface area contributed by atoms with Crippen LogP contribution >= 0.6 is 0 Å². The number of hydrogen-bond donors (Lipinski definition) is 2. The highest BCUT2D eigenvalue weighted by atomic mass is 16.3. The van der Waals surface area contributed by atoms with E-state index >= 15 is 0 Å². The standard InChI is InChI=1S/C11H17NO/c1-3-9-5-7-10(8-6-9)12-11(13)4-2/h5-8,11-13H,3-4H2,1-2H3. The lowest BCUT2D eigenvalue weighted by Crippen LogP contribution is -2.16. The summed E-state index contributed by atoms with van der Waals surface area (Å²) in [7, 11) is 0. The number of anilines is 1. The lowest BCUT2D eigenvalue weighted by Gasteiger charge is -2.11. The number of rotatable bonds is 4. The molecule has 1 rings (SSSR count). The Hall–Kier alpha value is -1.02. The van der Waals surface area contributed by atoms with E-state index in [9.17, 15) is 5.11 Å². The molecule has 0 amide bonds. The molecule has 0 bridgehead atoms. The molecule has 0 spiro atoms. The zero-order valence-electron chi connectivity index (χ0n) is 8.25. The van der Waals surface area contributed by atoms with E-state index in [-0.39, 0.29) is 0 Å². The van der Waals surface area contributed by atoms with Crippen LogP contribution < -0.4 is 5.32 Å². The van der Waals surface area contributed by atoms with Crippen LogP contribution in [0.15, 0.2) is 24.3 Å². The average molecular weight is 179 g/mol. The number of benzene rings is 1. The Bertz CT molecular complexity index is 243. The molecule has 1 aromatic rings. The summed E-state index contributed by atoms with van der Waals surface area (Å²) in [4.78, 5) is 0. The number of aryl methyl sites for hydroxylation is 1. The van der Waals surface area contributed by atoms with Gasteiger partial charge in [0, 0.05) is 5.69 Å². The Kier molecular flexibility index (Phi) is 3.77. The van der Waals surface area contributed by atoms with Crippen LogP contribution in [0.5, 0.6) is 0 Å². The fraction of sp³-hybridized carbons (Fsp3) is 0.455. The first kappa shape index (κ1) is 10.1. The smallest absolute Gasteiger partial charge is 0.124 e. The van der Waals surface area contributed by atoms with Gasteiger partial charge in [0.2, 0.25) is 0 Å². The fourth-order valence-electron chi connectivity index (χ4n) is 1.13. The summed E-state index contributed by atoms with van der Waals surface area (Å²) >= 11 is 0. The number of aliphatic hydroxyl groups excluding tert-OH is 1. The first-order chi connectivity index (χ1) is 6.26. The average Bonchev–Trinajstić information content (AvgIpc) is 2.19. The molecule has 0 aromatic heterocycles. The summed E-state index contributed by atoms with van der Waals surface area (Å²) in [5, 5.41) is 12.3. The number of nitrogens with one attached hydrogen (secondary N) is 1. The highest BCUT2D eigenvalue weighted by Crippen LogP contribution is 2.11. The van der Waals surface area contributed by atoms with Gasteiger partial charge < -0.3 is 10.4 Å². The molecular weight excluding hydrogens is 162 g/mol. The van der Waals surface area contributed by atoms with E-state index in [1.165, 1.54) is 5.56 Å². The molecule has 13 heavy (non-hydrogen) atoms. The second kappa shape index (κ2) is 4.87. The van der Waals surface area contributed by atoms with Gasteiger partial charge in [-0.05, 0) is 30.5 Å². The second-order valence-electron chi connectivity index (χ2n) is 3.12. The molecule has 2 N–H and O–H groups in total. The highest BCUT2D eigenvalue weighted by molar-refractivity contribution is 5.44. The molecular formula is C11H17NO. The summed E-state index contributed by atoms with van der Waals surface area (Å²) in [6.45, 7) is 4.07. The SMILES string of the molecule is CCc1ccc(NC(O)CC)cc1. The molecule has 0 saturated heterocycles. The summed E-state index contributed by atoms with van der Waals surface area (Å²) in [6.07, 6.45) is 1.33. The predicted octanol–water partition coefficient (Wildman–Crippen LogP) is 2.39. The molecule has 0 heterocycles. The van der Waals surface area contributed by atoms with Crippen LogP contribution in [0.3, 0.4) is 0 Å². The molecule has 0 aliphatic carbocycles. The van der Waals surface area contributed by atoms with Crippen LogP contribution in [-0.2, 0) is 6.42 Å². The quantitative estimate of drug-likeness (QED) is 0.695. The van der Waals surface area contributed by atoms with Crippen LogP contribution in [0.2, 0.25) is 0 Å². The summed E-state index contributed by atoms with van der Waals surface area (Å²) in [6, 6.07) is 8.14. The van der Waals surface area contributed by atoms with Gasteiger partial charge in [0.05, 0.1) is 0 Å². The van der Waals surface area contributed by atoms with E-state index in [1.807, 2.05) is 19.1 Å². The van der Waals surface area contributed by atoms with Crippen molar-refractivity contribution in [1.29, 1.82) is 0 Å². The van der Waals surface area contributed by atoms with Crippen LogP contribution in [0.25, 0.3) is 0 Å². The number of aliphatic hydroxyl groups is 1. The minimum atomic E-state index is -0.438. The normalized spacial score (nSPS) is 12.5. The minimum Gasteiger partial charge on any atom is -0.374 e. The summed E-state index contributed by atoms with van der Waals surface area (Å²) < 4.78 is 0. The maximum Gasteiger partial charge on any atom is 0.124 e. The van der Waals surface area contributed by atoms with Gasteiger partial charge in [-0.25, -0.2) is 0 Å². The highest BCUT2D eigenvalue weighted by Gasteiger charge is 1.98. The Morgan fingerprint density at radius 3 is 2.31 bits per heavy atom. The zero-order chi connectivity index (χ0) is 9.68.